The number of hydrogen-bond acceptors (Lipinski definition) is 5. The standard InChI is InChI=1S/C20H25N5O4/c1-22-20(27)24(15-6-2-3-7-15)18(21-22)14-10-12-23(13-11-14)19(26)16-8-4-5-9-17(16)25(28)29/h4-5,8-9,14-15H,2-3,6-7,10-13H2,1H3. The molecule has 1 aliphatic carbocycles. The molecule has 2 aromatic rings. The molecule has 1 saturated carbocycles. The summed E-state index contributed by atoms with van der Waals surface area (Å²) in [5, 5.41) is 15.8. The third-order valence-electron chi connectivity index (χ3n) is 6.15. The van der Waals surface area contributed by atoms with Crippen LogP contribution < -0.4 is 5.69 Å². The minimum atomic E-state index is -0.520. The molecule has 2 heterocycles. The van der Waals surface area contributed by atoms with E-state index in [1.807, 2.05) is 4.57 Å². The largest absolute Gasteiger partial charge is 0.345 e. The Morgan fingerprint density at radius 1 is 1.14 bits per heavy atom. The van der Waals surface area contributed by atoms with Gasteiger partial charge in [-0.3, -0.25) is 19.5 Å². The molecule has 0 unspecified atom stereocenters. The first-order valence-corrected chi connectivity index (χ1v) is 10.2. The number of aryl methyl sites for hydroxylation is 1. The van der Waals surface area contributed by atoms with Crippen LogP contribution in [-0.2, 0) is 7.05 Å². The summed E-state index contributed by atoms with van der Waals surface area (Å²) in [6.45, 7) is 0.982. The minimum Gasteiger partial charge on any atom is -0.338 e. The van der Waals surface area contributed by atoms with E-state index in [9.17, 15) is 19.7 Å². The number of hydrogen-bond donors (Lipinski definition) is 0. The fourth-order valence-electron chi connectivity index (χ4n) is 4.61. The maximum Gasteiger partial charge on any atom is 0.345 e. The van der Waals surface area contributed by atoms with E-state index in [1.54, 1.807) is 24.1 Å². The lowest BCUT2D eigenvalue weighted by Crippen LogP contribution is -2.39. The lowest BCUT2D eigenvalue weighted by Gasteiger charge is -2.32. The molecule has 1 aromatic heterocycles. The number of piperidine rings is 1. The monoisotopic (exact) mass is 399 g/mol. The lowest BCUT2D eigenvalue weighted by molar-refractivity contribution is -0.385. The Hall–Kier alpha value is -2.97. The quantitative estimate of drug-likeness (QED) is 0.581. The summed E-state index contributed by atoms with van der Waals surface area (Å²) in [7, 11) is 1.68. The number of benzene rings is 1. The normalized spacial score (nSPS) is 18.3. The fraction of sp³-hybridized carbons (Fsp3) is 0.550. The molecule has 154 valence electrons. The highest BCUT2D eigenvalue weighted by Gasteiger charge is 2.33. The van der Waals surface area contributed by atoms with Crippen LogP contribution in [0.4, 0.5) is 5.69 Å². The second-order valence-corrected chi connectivity index (χ2v) is 7.91. The Labute approximate surface area is 168 Å². The fourth-order valence-corrected chi connectivity index (χ4v) is 4.61. The molecule has 9 heteroatoms. The summed E-state index contributed by atoms with van der Waals surface area (Å²) >= 11 is 0. The van der Waals surface area contributed by atoms with E-state index < -0.39 is 4.92 Å². The molecule has 0 spiro atoms. The van der Waals surface area contributed by atoms with Crippen LogP contribution in [0.1, 0.15) is 66.7 Å². The number of likely N-dealkylation sites (tertiary alicyclic amines) is 1. The van der Waals surface area contributed by atoms with Crippen LogP contribution in [-0.4, -0.2) is 43.2 Å². The van der Waals surface area contributed by atoms with Gasteiger partial charge in [0.15, 0.2) is 0 Å². The maximum absolute atomic E-state index is 12.8. The second kappa shape index (κ2) is 7.81. The third-order valence-corrected chi connectivity index (χ3v) is 6.15. The van der Waals surface area contributed by atoms with Gasteiger partial charge >= 0.3 is 5.69 Å². The summed E-state index contributed by atoms with van der Waals surface area (Å²) in [4.78, 5) is 37.8. The van der Waals surface area contributed by atoms with E-state index in [4.69, 9.17) is 0 Å². The number of carbonyl (C=O) groups is 1. The number of nitrogens with zero attached hydrogens (tertiary/aromatic N) is 5. The molecule has 0 N–H and O–H groups in total. The van der Waals surface area contributed by atoms with Crippen molar-refractivity contribution < 1.29 is 9.72 Å². The predicted octanol–water partition coefficient (Wildman–Crippen LogP) is 2.62. The Morgan fingerprint density at radius 2 is 1.79 bits per heavy atom. The number of nitro groups is 1. The first-order valence-electron chi connectivity index (χ1n) is 10.2. The van der Waals surface area contributed by atoms with Gasteiger partial charge < -0.3 is 4.90 Å². The molecule has 1 amide bonds. The van der Waals surface area contributed by atoms with Gasteiger partial charge in [-0.2, -0.15) is 5.10 Å². The van der Waals surface area contributed by atoms with Crippen LogP contribution in [0.15, 0.2) is 29.1 Å². The van der Waals surface area contributed by atoms with E-state index in [0.717, 1.165) is 31.5 Å². The third kappa shape index (κ3) is 3.56. The van der Waals surface area contributed by atoms with Crippen molar-refractivity contribution in [2.45, 2.75) is 50.5 Å². The molecule has 0 atom stereocenters. The highest BCUT2D eigenvalue weighted by atomic mass is 16.6. The Kier molecular flexibility index (Phi) is 5.21. The molecule has 1 saturated heterocycles. The minimum absolute atomic E-state index is 0.0645. The van der Waals surface area contributed by atoms with E-state index in [0.29, 0.717) is 25.9 Å². The smallest absolute Gasteiger partial charge is 0.338 e. The van der Waals surface area contributed by atoms with E-state index in [1.165, 1.54) is 16.8 Å². The van der Waals surface area contributed by atoms with Crippen molar-refractivity contribution in [3.63, 3.8) is 0 Å². The molecule has 2 fully saturated rings. The van der Waals surface area contributed by atoms with Crippen molar-refractivity contribution in [2.75, 3.05) is 13.1 Å². The molecule has 0 radical (unpaired) electrons. The zero-order valence-electron chi connectivity index (χ0n) is 16.5. The number of carbonyl (C=O) groups excluding carboxylic acids is 1. The SMILES string of the molecule is Cn1nc(C2CCN(C(=O)c3ccccc3[N+](=O)[O-])CC2)n(C2CCCC2)c1=O. The maximum atomic E-state index is 12.8. The van der Waals surface area contributed by atoms with Gasteiger partial charge in [-0.25, -0.2) is 9.48 Å². The van der Waals surface area contributed by atoms with Crippen molar-refractivity contribution in [2.24, 2.45) is 7.05 Å². The molecule has 0 bridgehead atoms. The van der Waals surface area contributed by atoms with Crippen molar-refractivity contribution in [1.82, 2.24) is 19.2 Å². The average Bonchev–Trinajstić information content (AvgIpc) is 3.36. The predicted molar refractivity (Wildman–Crippen MR) is 106 cm³/mol. The molecule has 29 heavy (non-hydrogen) atoms. The summed E-state index contributed by atoms with van der Waals surface area (Å²) in [5.74, 6) is 0.617. The highest BCUT2D eigenvalue weighted by molar-refractivity contribution is 5.98. The van der Waals surface area contributed by atoms with Crippen LogP contribution in [0.2, 0.25) is 0 Å². The zero-order chi connectivity index (χ0) is 20.5. The molecule has 2 aliphatic rings. The van der Waals surface area contributed by atoms with Crippen LogP contribution in [0.25, 0.3) is 0 Å². The lowest BCUT2D eigenvalue weighted by atomic mass is 9.95. The molecule has 1 aliphatic heterocycles. The molecule has 9 nitrogen and oxygen atoms in total. The van der Waals surface area contributed by atoms with Crippen molar-refractivity contribution in [3.8, 4) is 0 Å². The first-order chi connectivity index (χ1) is 14.0. The number of amides is 1. The van der Waals surface area contributed by atoms with Crippen LogP contribution in [0, 0.1) is 10.1 Å². The van der Waals surface area contributed by atoms with Crippen LogP contribution in [0.3, 0.4) is 0 Å². The Morgan fingerprint density at radius 3 is 2.45 bits per heavy atom. The van der Waals surface area contributed by atoms with Crippen LogP contribution >= 0.6 is 0 Å². The van der Waals surface area contributed by atoms with Gasteiger partial charge in [-0.1, -0.05) is 25.0 Å². The van der Waals surface area contributed by atoms with E-state index in [2.05, 4.69) is 5.10 Å². The summed E-state index contributed by atoms with van der Waals surface area (Å²) in [6, 6.07) is 6.28. The van der Waals surface area contributed by atoms with Gasteiger partial charge in [0, 0.05) is 38.2 Å². The van der Waals surface area contributed by atoms with Crippen LogP contribution in [0.5, 0.6) is 0 Å². The van der Waals surface area contributed by atoms with Gasteiger partial charge in [0.2, 0.25) is 0 Å². The molecular formula is C20H25N5O4. The number of aromatic nitrogens is 3. The summed E-state index contributed by atoms with van der Waals surface area (Å²) < 4.78 is 3.29. The summed E-state index contributed by atoms with van der Waals surface area (Å²) in [6.07, 6.45) is 5.66. The first kappa shape index (κ1) is 19.4. The van der Waals surface area contributed by atoms with Crippen molar-refractivity contribution in [1.29, 1.82) is 0 Å². The van der Waals surface area contributed by atoms with E-state index >= 15 is 0 Å². The van der Waals surface area contributed by atoms with Gasteiger partial charge in [0.1, 0.15) is 11.4 Å². The average molecular weight is 399 g/mol. The van der Waals surface area contributed by atoms with Crippen molar-refractivity contribution in [3.05, 3.63) is 56.3 Å². The molecule has 1 aromatic carbocycles. The highest BCUT2D eigenvalue weighted by Crippen LogP contribution is 2.34. The second-order valence-electron chi connectivity index (χ2n) is 7.91. The molecular weight excluding hydrogens is 374 g/mol. The Bertz CT molecular complexity index is 981. The number of nitro benzene ring substituents is 1. The topological polar surface area (TPSA) is 103 Å². The van der Waals surface area contributed by atoms with Gasteiger partial charge in [-0.05, 0) is 31.7 Å². The number of rotatable bonds is 4. The van der Waals surface area contributed by atoms with Crippen molar-refractivity contribution >= 4 is 11.6 Å². The summed E-state index contributed by atoms with van der Waals surface area (Å²) in [5.41, 5.74) is -0.110. The zero-order valence-corrected chi connectivity index (χ0v) is 16.5. The number of para-hydroxylation sites is 1. The van der Waals surface area contributed by atoms with Gasteiger partial charge in [-0.15, -0.1) is 0 Å². The Balaban J connectivity index is 1.51. The van der Waals surface area contributed by atoms with Gasteiger partial charge in [0.25, 0.3) is 11.6 Å². The molecule has 4 rings (SSSR count). The van der Waals surface area contributed by atoms with E-state index in [-0.39, 0.29) is 34.8 Å². The van der Waals surface area contributed by atoms with Gasteiger partial charge in [0.05, 0.1) is 4.92 Å².